The molecule has 4 heteroatoms. The number of benzene rings is 2. The van der Waals surface area contributed by atoms with Gasteiger partial charge in [0.15, 0.2) is 5.78 Å². The van der Waals surface area contributed by atoms with Crippen molar-refractivity contribution in [1.29, 1.82) is 0 Å². The summed E-state index contributed by atoms with van der Waals surface area (Å²) in [6, 6.07) is 11.8. The Labute approximate surface area is 126 Å². The first-order valence-corrected chi connectivity index (χ1v) is 7.16. The van der Waals surface area contributed by atoms with E-state index in [4.69, 9.17) is 0 Å². The Balaban J connectivity index is 2.53. The number of halogens is 2. The normalized spacial score (nSPS) is 10.4. The molecule has 0 heterocycles. The van der Waals surface area contributed by atoms with Crippen LogP contribution in [0.25, 0.3) is 0 Å². The van der Waals surface area contributed by atoms with E-state index >= 15 is 0 Å². The first-order valence-electron chi connectivity index (χ1n) is 6.36. The third-order valence-electron chi connectivity index (χ3n) is 3.08. The quantitative estimate of drug-likeness (QED) is 0.737. The van der Waals surface area contributed by atoms with E-state index in [0.717, 1.165) is 15.8 Å². The van der Waals surface area contributed by atoms with Crippen LogP contribution < -0.4 is 4.90 Å². The monoisotopic (exact) mass is 335 g/mol. The van der Waals surface area contributed by atoms with Gasteiger partial charge in [-0.15, -0.1) is 0 Å². The van der Waals surface area contributed by atoms with Crippen molar-refractivity contribution < 1.29 is 9.18 Å². The maximum Gasteiger partial charge on any atom is 0.161 e. The van der Waals surface area contributed by atoms with Gasteiger partial charge in [-0.2, -0.15) is 0 Å². The van der Waals surface area contributed by atoms with Crippen molar-refractivity contribution in [3.63, 3.8) is 0 Å². The SMILES string of the molecule is CCN(c1ccc(F)cc1)c1cc(Br)ccc1C(C)=O. The van der Waals surface area contributed by atoms with Crippen LogP contribution in [0.15, 0.2) is 46.9 Å². The highest BCUT2D eigenvalue weighted by Gasteiger charge is 2.15. The Bertz CT molecular complexity index is 625. The zero-order valence-corrected chi connectivity index (χ0v) is 12.9. The highest BCUT2D eigenvalue weighted by molar-refractivity contribution is 9.10. The molecule has 104 valence electrons. The number of Topliss-reactive ketones (excluding diaryl/α,β-unsaturated/α-hetero) is 1. The molecule has 0 N–H and O–H groups in total. The summed E-state index contributed by atoms with van der Waals surface area (Å²) in [5, 5.41) is 0. The molecule has 0 aliphatic heterocycles. The lowest BCUT2D eigenvalue weighted by atomic mass is 10.1. The van der Waals surface area contributed by atoms with Gasteiger partial charge in [0.05, 0.1) is 5.69 Å². The predicted octanol–water partition coefficient (Wildman–Crippen LogP) is 4.95. The van der Waals surface area contributed by atoms with E-state index in [1.807, 2.05) is 24.0 Å². The Morgan fingerprint density at radius 1 is 1.20 bits per heavy atom. The Morgan fingerprint density at radius 3 is 2.40 bits per heavy atom. The van der Waals surface area contributed by atoms with Gasteiger partial charge in [0.1, 0.15) is 5.82 Å². The van der Waals surface area contributed by atoms with E-state index in [2.05, 4.69) is 15.9 Å². The van der Waals surface area contributed by atoms with E-state index < -0.39 is 0 Å². The van der Waals surface area contributed by atoms with E-state index in [1.54, 1.807) is 25.1 Å². The summed E-state index contributed by atoms with van der Waals surface area (Å²) >= 11 is 3.43. The fourth-order valence-corrected chi connectivity index (χ4v) is 2.49. The van der Waals surface area contributed by atoms with Crippen LogP contribution in [0.3, 0.4) is 0 Å². The maximum atomic E-state index is 13.0. The third kappa shape index (κ3) is 3.07. The van der Waals surface area contributed by atoms with E-state index in [0.29, 0.717) is 12.1 Å². The molecule has 0 saturated carbocycles. The number of ketones is 1. The van der Waals surface area contributed by atoms with E-state index in [-0.39, 0.29) is 11.6 Å². The second kappa shape index (κ2) is 6.18. The van der Waals surface area contributed by atoms with Gasteiger partial charge in [0.2, 0.25) is 0 Å². The van der Waals surface area contributed by atoms with Crippen LogP contribution in [-0.2, 0) is 0 Å². The van der Waals surface area contributed by atoms with Crippen LogP contribution in [0.4, 0.5) is 15.8 Å². The first-order chi connectivity index (χ1) is 9.52. The summed E-state index contributed by atoms with van der Waals surface area (Å²) in [5.74, 6) is -0.265. The van der Waals surface area contributed by atoms with Crippen molar-refractivity contribution in [2.24, 2.45) is 0 Å². The molecular weight excluding hydrogens is 321 g/mol. The van der Waals surface area contributed by atoms with Gasteiger partial charge < -0.3 is 4.90 Å². The van der Waals surface area contributed by atoms with Crippen LogP contribution in [0, 0.1) is 5.82 Å². The number of nitrogens with zero attached hydrogens (tertiary/aromatic N) is 1. The van der Waals surface area contributed by atoms with Crippen molar-refractivity contribution in [2.45, 2.75) is 13.8 Å². The van der Waals surface area contributed by atoms with Crippen molar-refractivity contribution in [3.8, 4) is 0 Å². The average molecular weight is 336 g/mol. The van der Waals surface area contributed by atoms with Crippen molar-refractivity contribution >= 4 is 33.1 Å². The zero-order valence-electron chi connectivity index (χ0n) is 11.4. The van der Waals surface area contributed by atoms with E-state index in [1.165, 1.54) is 12.1 Å². The molecule has 0 aromatic heterocycles. The predicted molar refractivity (Wildman–Crippen MR) is 83.2 cm³/mol. The van der Waals surface area contributed by atoms with Crippen LogP contribution >= 0.6 is 15.9 Å². The second-order valence-electron chi connectivity index (χ2n) is 4.44. The lowest BCUT2D eigenvalue weighted by Crippen LogP contribution is -2.18. The minimum absolute atomic E-state index is 0.00746. The summed E-state index contributed by atoms with van der Waals surface area (Å²) in [5.41, 5.74) is 2.33. The number of rotatable bonds is 4. The molecule has 0 radical (unpaired) electrons. The minimum Gasteiger partial charge on any atom is -0.341 e. The van der Waals surface area contributed by atoms with Crippen LogP contribution in [-0.4, -0.2) is 12.3 Å². The lowest BCUT2D eigenvalue weighted by Gasteiger charge is -2.25. The molecule has 0 aliphatic rings. The molecule has 0 fully saturated rings. The smallest absolute Gasteiger partial charge is 0.161 e. The topological polar surface area (TPSA) is 20.3 Å². The molecule has 2 nitrogen and oxygen atoms in total. The molecule has 0 spiro atoms. The molecule has 2 rings (SSSR count). The van der Waals surface area contributed by atoms with Crippen molar-refractivity contribution in [1.82, 2.24) is 0 Å². The molecule has 0 unspecified atom stereocenters. The molecular formula is C16H15BrFNO. The Kier molecular flexibility index (Phi) is 4.55. The fraction of sp³-hybridized carbons (Fsp3) is 0.188. The van der Waals surface area contributed by atoms with Gasteiger partial charge in [-0.3, -0.25) is 4.79 Å². The average Bonchev–Trinajstić information content (AvgIpc) is 2.41. The van der Waals surface area contributed by atoms with Gasteiger partial charge >= 0.3 is 0 Å². The van der Waals surface area contributed by atoms with Crippen molar-refractivity contribution in [2.75, 3.05) is 11.4 Å². The van der Waals surface area contributed by atoms with Gasteiger partial charge in [-0.1, -0.05) is 15.9 Å². The number of carbonyl (C=O) groups is 1. The molecule has 20 heavy (non-hydrogen) atoms. The second-order valence-corrected chi connectivity index (χ2v) is 5.35. The van der Waals surface area contributed by atoms with Crippen LogP contribution in [0.5, 0.6) is 0 Å². The third-order valence-corrected chi connectivity index (χ3v) is 3.58. The summed E-state index contributed by atoms with van der Waals surface area (Å²) in [6.07, 6.45) is 0. The highest BCUT2D eigenvalue weighted by atomic mass is 79.9. The molecule has 0 aliphatic carbocycles. The minimum atomic E-state index is -0.272. The number of hydrogen-bond acceptors (Lipinski definition) is 2. The van der Waals surface area contributed by atoms with Gasteiger partial charge in [-0.05, 0) is 56.3 Å². The summed E-state index contributed by atoms with van der Waals surface area (Å²) in [4.78, 5) is 13.8. The van der Waals surface area contributed by atoms with E-state index in [9.17, 15) is 9.18 Å². The molecule has 0 bridgehead atoms. The number of hydrogen-bond donors (Lipinski definition) is 0. The lowest BCUT2D eigenvalue weighted by molar-refractivity contribution is 0.101. The summed E-state index contributed by atoms with van der Waals surface area (Å²) in [7, 11) is 0. The first kappa shape index (κ1) is 14.7. The Hall–Kier alpha value is -1.68. The molecule has 0 atom stereocenters. The standard InChI is InChI=1S/C16H15BrFNO/c1-3-19(14-7-5-13(18)6-8-14)16-10-12(17)4-9-15(16)11(2)20/h4-10H,3H2,1-2H3. The van der Waals surface area contributed by atoms with Crippen LogP contribution in [0.2, 0.25) is 0 Å². The van der Waals surface area contributed by atoms with Gasteiger partial charge in [0.25, 0.3) is 0 Å². The molecule has 2 aromatic carbocycles. The number of carbonyl (C=O) groups excluding carboxylic acids is 1. The summed E-state index contributed by atoms with van der Waals surface area (Å²) in [6.45, 7) is 4.22. The van der Waals surface area contributed by atoms with Gasteiger partial charge in [0, 0.05) is 22.3 Å². The fourth-order valence-electron chi connectivity index (χ4n) is 2.14. The molecule has 0 saturated heterocycles. The maximum absolute atomic E-state index is 13.0. The van der Waals surface area contributed by atoms with Crippen LogP contribution in [0.1, 0.15) is 24.2 Å². The Morgan fingerprint density at radius 2 is 1.85 bits per heavy atom. The van der Waals surface area contributed by atoms with Crippen molar-refractivity contribution in [3.05, 3.63) is 58.3 Å². The summed E-state index contributed by atoms with van der Waals surface area (Å²) < 4.78 is 13.9. The zero-order chi connectivity index (χ0) is 14.7. The molecule has 0 amide bonds. The highest BCUT2D eigenvalue weighted by Crippen LogP contribution is 2.31. The largest absolute Gasteiger partial charge is 0.341 e. The van der Waals surface area contributed by atoms with Gasteiger partial charge in [-0.25, -0.2) is 4.39 Å². The molecule has 2 aromatic rings. The number of anilines is 2.